The van der Waals surface area contributed by atoms with Gasteiger partial charge in [-0.3, -0.25) is 0 Å². The molecule has 0 N–H and O–H groups in total. The average molecular weight is 190 g/mol. The number of benzene rings is 1. The van der Waals surface area contributed by atoms with Crippen LogP contribution in [0, 0.1) is 0 Å². The summed E-state index contributed by atoms with van der Waals surface area (Å²) in [7, 11) is 4.33. The Hall–Kier alpha value is -1.02. The molecule has 0 saturated carbocycles. The highest BCUT2D eigenvalue weighted by molar-refractivity contribution is 5.47. The van der Waals surface area contributed by atoms with Crippen molar-refractivity contribution in [2.75, 3.05) is 32.1 Å². The Morgan fingerprint density at radius 2 is 1.93 bits per heavy atom. The molecule has 14 heavy (non-hydrogen) atoms. The van der Waals surface area contributed by atoms with Gasteiger partial charge in [0.25, 0.3) is 0 Å². The summed E-state index contributed by atoms with van der Waals surface area (Å²) in [6.45, 7) is 2.35. The number of nitrogens with zero attached hydrogens (tertiary/aromatic N) is 2. The van der Waals surface area contributed by atoms with Gasteiger partial charge in [-0.1, -0.05) is 18.2 Å². The van der Waals surface area contributed by atoms with Crippen molar-refractivity contribution < 1.29 is 0 Å². The van der Waals surface area contributed by atoms with Crippen molar-refractivity contribution in [1.29, 1.82) is 0 Å². The maximum Gasteiger partial charge on any atom is 0.0366 e. The molecule has 0 aliphatic carbocycles. The third kappa shape index (κ3) is 1.90. The van der Waals surface area contributed by atoms with E-state index in [4.69, 9.17) is 0 Å². The molecule has 0 spiro atoms. The zero-order valence-corrected chi connectivity index (χ0v) is 8.98. The topological polar surface area (TPSA) is 6.48 Å². The predicted molar refractivity (Wildman–Crippen MR) is 60.7 cm³/mol. The second kappa shape index (κ2) is 4.01. The van der Waals surface area contributed by atoms with Crippen LogP contribution in [0.4, 0.5) is 5.69 Å². The molecule has 0 bridgehead atoms. The number of hydrogen-bond donors (Lipinski definition) is 0. The zero-order chi connectivity index (χ0) is 9.97. The molecule has 1 aromatic carbocycles. The molecule has 1 heterocycles. The molecule has 2 nitrogen and oxygen atoms in total. The van der Waals surface area contributed by atoms with Gasteiger partial charge in [0.2, 0.25) is 0 Å². The minimum Gasteiger partial charge on any atom is -0.370 e. The van der Waals surface area contributed by atoms with Crippen LogP contribution in [0.3, 0.4) is 0 Å². The van der Waals surface area contributed by atoms with Crippen molar-refractivity contribution in [3.63, 3.8) is 0 Å². The van der Waals surface area contributed by atoms with Crippen LogP contribution in [0.5, 0.6) is 0 Å². The standard InChI is InChI=1S/C12H18N2/c1-13(2)12-8-9-14(10-12)11-6-4-3-5-7-11/h3-7,12H,8-10H2,1-2H3. The fourth-order valence-electron chi connectivity index (χ4n) is 2.04. The maximum atomic E-state index is 2.46. The minimum atomic E-state index is 0.718. The van der Waals surface area contributed by atoms with Crippen molar-refractivity contribution in [1.82, 2.24) is 4.90 Å². The molecule has 1 saturated heterocycles. The van der Waals surface area contributed by atoms with Crippen LogP contribution < -0.4 is 4.90 Å². The Bertz CT molecular complexity index is 282. The van der Waals surface area contributed by atoms with Gasteiger partial charge < -0.3 is 9.80 Å². The van der Waals surface area contributed by atoms with E-state index in [1.54, 1.807) is 0 Å². The van der Waals surface area contributed by atoms with Crippen LogP contribution in [0.1, 0.15) is 6.42 Å². The van der Waals surface area contributed by atoms with Gasteiger partial charge in [-0.25, -0.2) is 0 Å². The van der Waals surface area contributed by atoms with Gasteiger partial charge >= 0.3 is 0 Å². The normalized spacial score (nSPS) is 21.9. The smallest absolute Gasteiger partial charge is 0.0366 e. The first-order valence-electron chi connectivity index (χ1n) is 5.24. The molecule has 1 aliphatic heterocycles. The Morgan fingerprint density at radius 1 is 1.21 bits per heavy atom. The molecular weight excluding hydrogens is 172 g/mol. The molecule has 0 radical (unpaired) electrons. The Kier molecular flexibility index (Phi) is 2.73. The number of likely N-dealkylation sites (N-methyl/N-ethyl adjacent to an activating group) is 1. The van der Waals surface area contributed by atoms with E-state index in [2.05, 4.69) is 54.2 Å². The monoisotopic (exact) mass is 190 g/mol. The quantitative estimate of drug-likeness (QED) is 0.702. The highest BCUT2D eigenvalue weighted by Crippen LogP contribution is 2.21. The minimum absolute atomic E-state index is 0.718. The fourth-order valence-corrected chi connectivity index (χ4v) is 2.04. The number of rotatable bonds is 2. The Labute approximate surface area is 86.1 Å². The molecule has 76 valence electrons. The van der Waals surface area contributed by atoms with Gasteiger partial charge in [0, 0.05) is 24.8 Å². The van der Waals surface area contributed by atoms with Crippen molar-refractivity contribution in [3.8, 4) is 0 Å². The van der Waals surface area contributed by atoms with E-state index in [0.717, 1.165) is 12.6 Å². The molecule has 0 amide bonds. The van der Waals surface area contributed by atoms with Crippen LogP contribution >= 0.6 is 0 Å². The van der Waals surface area contributed by atoms with E-state index < -0.39 is 0 Å². The molecule has 2 heteroatoms. The SMILES string of the molecule is CN(C)C1CCN(c2ccccc2)C1. The molecule has 1 aliphatic rings. The molecule has 1 fully saturated rings. The lowest BCUT2D eigenvalue weighted by atomic mass is 10.2. The van der Waals surface area contributed by atoms with Crippen molar-refractivity contribution in [3.05, 3.63) is 30.3 Å². The highest BCUT2D eigenvalue weighted by Gasteiger charge is 2.23. The van der Waals surface area contributed by atoms with E-state index in [1.165, 1.54) is 18.7 Å². The molecule has 2 rings (SSSR count). The third-order valence-electron chi connectivity index (χ3n) is 3.02. The summed E-state index contributed by atoms with van der Waals surface area (Å²) in [5.41, 5.74) is 1.36. The zero-order valence-electron chi connectivity index (χ0n) is 8.98. The first kappa shape index (κ1) is 9.53. The van der Waals surface area contributed by atoms with Crippen LogP contribution in [0.25, 0.3) is 0 Å². The summed E-state index contributed by atoms with van der Waals surface area (Å²) in [6.07, 6.45) is 1.28. The van der Waals surface area contributed by atoms with Gasteiger partial charge in [-0.05, 0) is 32.6 Å². The first-order chi connectivity index (χ1) is 6.77. The maximum absolute atomic E-state index is 2.46. The van der Waals surface area contributed by atoms with Crippen molar-refractivity contribution >= 4 is 5.69 Å². The predicted octanol–water partition coefficient (Wildman–Crippen LogP) is 1.83. The molecule has 1 atom stereocenters. The fraction of sp³-hybridized carbons (Fsp3) is 0.500. The molecule has 1 aromatic rings. The Morgan fingerprint density at radius 3 is 2.50 bits per heavy atom. The summed E-state index contributed by atoms with van der Waals surface area (Å²) in [5, 5.41) is 0. The average Bonchev–Trinajstić information content (AvgIpc) is 2.68. The van der Waals surface area contributed by atoms with E-state index in [0.29, 0.717) is 0 Å². The van der Waals surface area contributed by atoms with Crippen molar-refractivity contribution in [2.45, 2.75) is 12.5 Å². The van der Waals surface area contributed by atoms with Gasteiger partial charge in [0.15, 0.2) is 0 Å². The van der Waals surface area contributed by atoms with Gasteiger partial charge in [-0.15, -0.1) is 0 Å². The second-order valence-corrected chi connectivity index (χ2v) is 4.19. The Balaban J connectivity index is 2.03. The summed E-state index contributed by atoms with van der Waals surface area (Å²) in [5.74, 6) is 0. The van der Waals surface area contributed by atoms with Crippen molar-refractivity contribution in [2.24, 2.45) is 0 Å². The number of anilines is 1. The summed E-state index contributed by atoms with van der Waals surface area (Å²) < 4.78 is 0. The van der Waals surface area contributed by atoms with Gasteiger partial charge in [-0.2, -0.15) is 0 Å². The summed E-state index contributed by atoms with van der Waals surface area (Å²) in [6, 6.07) is 11.4. The van der Waals surface area contributed by atoms with Gasteiger partial charge in [0.1, 0.15) is 0 Å². The molecular formula is C12H18N2. The third-order valence-corrected chi connectivity index (χ3v) is 3.02. The van der Waals surface area contributed by atoms with E-state index in [1.807, 2.05) is 0 Å². The van der Waals surface area contributed by atoms with Crippen LogP contribution in [-0.4, -0.2) is 38.1 Å². The molecule has 0 aromatic heterocycles. The van der Waals surface area contributed by atoms with E-state index in [9.17, 15) is 0 Å². The second-order valence-electron chi connectivity index (χ2n) is 4.19. The lowest BCUT2D eigenvalue weighted by Crippen LogP contribution is -2.31. The van der Waals surface area contributed by atoms with Crippen LogP contribution in [0.15, 0.2) is 30.3 Å². The van der Waals surface area contributed by atoms with Gasteiger partial charge in [0.05, 0.1) is 0 Å². The molecule has 1 unspecified atom stereocenters. The summed E-state index contributed by atoms with van der Waals surface area (Å²) >= 11 is 0. The number of hydrogen-bond acceptors (Lipinski definition) is 2. The van der Waals surface area contributed by atoms with E-state index >= 15 is 0 Å². The largest absolute Gasteiger partial charge is 0.370 e. The highest BCUT2D eigenvalue weighted by atomic mass is 15.2. The van der Waals surface area contributed by atoms with E-state index in [-0.39, 0.29) is 0 Å². The number of para-hydroxylation sites is 1. The lowest BCUT2D eigenvalue weighted by Gasteiger charge is -2.21. The lowest BCUT2D eigenvalue weighted by molar-refractivity contribution is 0.315. The van der Waals surface area contributed by atoms with Crippen LogP contribution in [-0.2, 0) is 0 Å². The summed E-state index contributed by atoms with van der Waals surface area (Å²) in [4.78, 5) is 4.79. The first-order valence-corrected chi connectivity index (χ1v) is 5.24. The van der Waals surface area contributed by atoms with Crippen LogP contribution in [0.2, 0.25) is 0 Å².